The molecule has 20 heavy (non-hydrogen) atoms. The molecule has 1 amide bonds. The molecule has 2 rings (SSSR count). The molecule has 0 unspecified atom stereocenters. The minimum Gasteiger partial charge on any atom is -0.322 e. The fourth-order valence-electron chi connectivity index (χ4n) is 2.05. The van der Waals surface area contributed by atoms with Crippen LogP contribution < -0.4 is 5.32 Å². The van der Waals surface area contributed by atoms with Crippen LogP contribution in [0.2, 0.25) is 0 Å². The van der Waals surface area contributed by atoms with E-state index in [1.165, 1.54) is 5.56 Å². The van der Waals surface area contributed by atoms with Gasteiger partial charge >= 0.3 is 0 Å². The van der Waals surface area contributed by atoms with Crippen LogP contribution in [-0.4, -0.2) is 5.91 Å². The molecule has 1 heterocycles. The molecule has 2 aromatic rings. The Morgan fingerprint density at radius 3 is 2.70 bits per heavy atom. The summed E-state index contributed by atoms with van der Waals surface area (Å²) in [6.07, 6.45) is 3.43. The summed E-state index contributed by atoms with van der Waals surface area (Å²) in [7, 11) is 0. The van der Waals surface area contributed by atoms with Gasteiger partial charge < -0.3 is 5.32 Å². The molecule has 0 bridgehead atoms. The zero-order chi connectivity index (χ0) is 14.5. The first-order valence-corrected chi connectivity index (χ1v) is 7.58. The molecule has 104 valence electrons. The molecule has 2 nitrogen and oxygen atoms in total. The van der Waals surface area contributed by atoms with Gasteiger partial charge in [0.05, 0.1) is 0 Å². The highest BCUT2D eigenvalue weighted by atomic mass is 32.1. The van der Waals surface area contributed by atoms with Crippen LogP contribution in [-0.2, 0) is 4.79 Å². The summed E-state index contributed by atoms with van der Waals surface area (Å²) in [6.45, 7) is 6.28. The van der Waals surface area contributed by atoms with E-state index in [9.17, 15) is 4.79 Å². The standard InChI is InChI=1S/C17H19NOS/c1-12(2)15-8-4-6-13(3)17(15)18-16(19)10-9-14-7-5-11-20-14/h4-12H,1-3H3,(H,18,19)/b10-9+. The molecule has 0 fully saturated rings. The summed E-state index contributed by atoms with van der Waals surface area (Å²) in [5.41, 5.74) is 3.19. The van der Waals surface area contributed by atoms with Crippen LogP contribution in [0.1, 0.15) is 35.8 Å². The quantitative estimate of drug-likeness (QED) is 0.801. The maximum absolute atomic E-state index is 12.0. The number of para-hydroxylation sites is 1. The van der Waals surface area contributed by atoms with E-state index in [1.807, 2.05) is 42.6 Å². The number of thiophene rings is 1. The first-order chi connectivity index (χ1) is 9.58. The Balaban J connectivity index is 2.15. The smallest absolute Gasteiger partial charge is 0.248 e. The van der Waals surface area contributed by atoms with Gasteiger partial charge in [0.15, 0.2) is 0 Å². The highest BCUT2D eigenvalue weighted by Gasteiger charge is 2.10. The van der Waals surface area contributed by atoms with Gasteiger partial charge in [-0.3, -0.25) is 4.79 Å². The van der Waals surface area contributed by atoms with Gasteiger partial charge in [-0.05, 0) is 41.5 Å². The van der Waals surface area contributed by atoms with E-state index < -0.39 is 0 Å². The van der Waals surface area contributed by atoms with Crippen LogP contribution in [0.4, 0.5) is 5.69 Å². The summed E-state index contributed by atoms with van der Waals surface area (Å²) in [4.78, 5) is 13.1. The second-order valence-corrected chi connectivity index (χ2v) is 6.01. The lowest BCUT2D eigenvalue weighted by atomic mass is 9.98. The van der Waals surface area contributed by atoms with E-state index in [4.69, 9.17) is 0 Å². The number of carbonyl (C=O) groups excluding carboxylic acids is 1. The molecule has 1 aromatic heterocycles. The van der Waals surface area contributed by atoms with Crippen molar-refractivity contribution >= 4 is 29.0 Å². The summed E-state index contributed by atoms with van der Waals surface area (Å²) >= 11 is 1.62. The summed E-state index contributed by atoms with van der Waals surface area (Å²) in [5, 5.41) is 5.00. The maximum Gasteiger partial charge on any atom is 0.248 e. The normalized spacial score (nSPS) is 11.2. The third kappa shape index (κ3) is 3.58. The molecule has 1 aromatic carbocycles. The van der Waals surface area contributed by atoms with Crippen molar-refractivity contribution in [1.29, 1.82) is 0 Å². The second-order valence-electron chi connectivity index (χ2n) is 5.03. The van der Waals surface area contributed by atoms with E-state index >= 15 is 0 Å². The van der Waals surface area contributed by atoms with Crippen LogP contribution in [0.15, 0.2) is 41.8 Å². The molecule has 0 radical (unpaired) electrons. The number of rotatable bonds is 4. The summed E-state index contributed by atoms with van der Waals surface area (Å²) < 4.78 is 0. The number of hydrogen-bond donors (Lipinski definition) is 1. The van der Waals surface area contributed by atoms with E-state index in [1.54, 1.807) is 17.4 Å². The van der Waals surface area contributed by atoms with E-state index in [2.05, 4.69) is 25.2 Å². The molecule has 0 aliphatic heterocycles. The predicted molar refractivity (Wildman–Crippen MR) is 87.3 cm³/mol. The fourth-order valence-corrected chi connectivity index (χ4v) is 2.67. The minimum atomic E-state index is -0.0883. The lowest BCUT2D eigenvalue weighted by molar-refractivity contribution is -0.111. The second kappa shape index (κ2) is 6.53. The molecule has 0 saturated heterocycles. The van der Waals surface area contributed by atoms with Crippen molar-refractivity contribution in [1.82, 2.24) is 0 Å². The number of hydrogen-bond acceptors (Lipinski definition) is 2. The number of amides is 1. The van der Waals surface area contributed by atoms with Crippen LogP contribution in [0.5, 0.6) is 0 Å². The zero-order valence-electron chi connectivity index (χ0n) is 12.0. The third-order valence-corrected chi connectivity index (χ3v) is 3.95. The maximum atomic E-state index is 12.0. The van der Waals surface area contributed by atoms with Gasteiger partial charge in [0, 0.05) is 16.6 Å². The molecule has 3 heteroatoms. The van der Waals surface area contributed by atoms with Gasteiger partial charge in [-0.2, -0.15) is 0 Å². The SMILES string of the molecule is Cc1cccc(C(C)C)c1NC(=O)/C=C/c1cccs1. The van der Waals surface area contributed by atoms with Crippen molar-refractivity contribution in [2.24, 2.45) is 0 Å². The van der Waals surface area contributed by atoms with Crippen molar-refractivity contribution in [3.8, 4) is 0 Å². The predicted octanol–water partition coefficient (Wildman–Crippen LogP) is 4.83. The Bertz CT molecular complexity index is 612. The monoisotopic (exact) mass is 285 g/mol. The van der Waals surface area contributed by atoms with Gasteiger partial charge in [-0.15, -0.1) is 11.3 Å². The largest absolute Gasteiger partial charge is 0.322 e. The van der Waals surface area contributed by atoms with Gasteiger partial charge in [0.25, 0.3) is 0 Å². The van der Waals surface area contributed by atoms with E-state index in [-0.39, 0.29) is 5.91 Å². The third-order valence-electron chi connectivity index (χ3n) is 3.12. The summed E-state index contributed by atoms with van der Waals surface area (Å²) in [5.74, 6) is 0.293. The lowest BCUT2D eigenvalue weighted by Crippen LogP contribution is -2.11. The Morgan fingerprint density at radius 1 is 1.25 bits per heavy atom. The van der Waals surface area contributed by atoms with E-state index in [0.29, 0.717) is 5.92 Å². The average molecular weight is 285 g/mol. The Hall–Kier alpha value is -1.87. The van der Waals surface area contributed by atoms with Crippen LogP contribution >= 0.6 is 11.3 Å². The topological polar surface area (TPSA) is 29.1 Å². The fraction of sp³-hybridized carbons (Fsp3) is 0.235. The van der Waals surface area contributed by atoms with E-state index in [0.717, 1.165) is 16.1 Å². The van der Waals surface area contributed by atoms with Gasteiger partial charge in [0.1, 0.15) is 0 Å². The Kier molecular flexibility index (Phi) is 4.74. The molecule has 0 aliphatic rings. The molecule has 0 spiro atoms. The molecule has 0 atom stereocenters. The van der Waals surface area contributed by atoms with Gasteiger partial charge in [-0.25, -0.2) is 0 Å². The van der Waals surface area contributed by atoms with Crippen molar-refractivity contribution in [3.63, 3.8) is 0 Å². The lowest BCUT2D eigenvalue weighted by Gasteiger charge is -2.15. The van der Waals surface area contributed by atoms with Gasteiger partial charge in [-0.1, -0.05) is 38.1 Å². The number of aryl methyl sites for hydroxylation is 1. The molecule has 1 N–H and O–H groups in total. The number of benzene rings is 1. The van der Waals surface area contributed by atoms with Crippen LogP contribution in [0.3, 0.4) is 0 Å². The average Bonchev–Trinajstić information content (AvgIpc) is 2.91. The molecule has 0 aliphatic carbocycles. The van der Waals surface area contributed by atoms with Crippen molar-refractivity contribution in [2.45, 2.75) is 26.7 Å². The van der Waals surface area contributed by atoms with Crippen molar-refractivity contribution < 1.29 is 4.79 Å². The highest BCUT2D eigenvalue weighted by molar-refractivity contribution is 7.10. The minimum absolute atomic E-state index is 0.0883. The molecular weight excluding hydrogens is 266 g/mol. The van der Waals surface area contributed by atoms with Crippen LogP contribution in [0.25, 0.3) is 6.08 Å². The number of anilines is 1. The number of carbonyl (C=O) groups is 1. The van der Waals surface area contributed by atoms with Gasteiger partial charge in [0.2, 0.25) is 5.91 Å². The van der Waals surface area contributed by atoms with Crippen molar-refractivity contribution in [3.05, 3.63) is 57.8 Å². The first kappa shape index (κ1) is 14.5. The Morgan fingerprint density at radius 2 is 2.05 bits per heavy atom. The zero-order valence-corrected chi connectivity index (χ0v) is 12.8. The number of nitrogens with one attached hydrogen (secondary N) is 1. The first-order valence-electron chi connectivity index (χ1n) is 6.70. The molecular formula is C17H19NOS. The summed E-state index contributed by atoms with van der Waals surface area (Å²) in [6, 6.07) is 10.1. The molecule has 0 saturated carbocycles. The Labute approximate surface area is 124 Å². The van der Waals surface area contributed by atoms with Crippen LogP contribution in [0, 0.1) is 6.92 Å². The highest BCUT2D eigenvalue weighted by Crippen LogP contribution is 2.27. The van der Waals surface area contributed by atoms with Crippen molar-refractivity contribution in [2.75, 3.05) is 5.32 Å².